The van der Waals surface area contributed by atoms with Crippen LogP contribution in [0.5, 0.6) is 11.5 Å². The first-order valence-electron chi connectivity index (χ1n) is 13.6. The number of nitrogens with two attached hydrogens (primary N) is 1. The van der Waals surface area contributed by atoms with Gasteiger partial charge in [-0.2, -0.15) is 0 Å². The van der Waals surface area contributed by atoms with Gasteiger partial charge in [0.05, 0.1) is 25.3 Å². The van der Waals surface area contributed by atoms with Gasteiger partial charge in [-0.05, 0) is 67.5 Å². The van der Waals surface area contributed by atoms with Crippen molar-refractivity contribution in [2.45, 2.75) is 70.9 Å². The summed E-state index contributed by atoms with van der Waals surface area (Å²) in [5, 5.41) is 3.32. The number of benzene rings is 2. The number of nitrogens with one attached hydrogen (secondary N) is 1. The average Bonchev–Trinajstić information content (AvgIpc) is 2.91. The van der Waals surface area contributed by atoms with Crippen molar-refractivity contribution in [1.82, 2.24) is 10.2 Å². The van der Waals surface area contributed by atoms with E-state index in [9.17, 15) is 9.59 Å². The minimum Gasteiger partial charge on any atom is -0.493 e. The first kappa shape index (κ1) is 26.1. The molecule has 0 spiro atoms. The Labute approximate surface area is 224 Å². The van der Waals surface area contributed by atoms with Gasteiger partial charge in [0.2, 0.25) is 5.91 Å². The normalized spacial score (nSPS) is 21.9. The van der Waals surface area contributed by atoms with E-state index in [0.717, 1.165) is 67.8 Å². The summed E-state index contributed by atoms with van der Waals surface area (Å²) in [6.07, 6.45) is 6.00. The lowest BCUT2D eigenvalue weighted by Gasteiger charge is -2.40. The van der Waals surface area contributed by atoms with Crippen molar-refractivity contribution >= 4 is 17.8 Å². The molecule has 2 unspecified atom stereocenters. The lowest BCUT2D eigenvalue weighted by molar-refractivity contribution is -0.127. The number of carbonyl (C=O) groups is 2. The smallest absolute Gasteiger partial charge is 0.251 e. The number of fused-ring (bicyclic) bond motifs is 2. The third-order valence-electron chi connectivity index (χ3n) is 7.91. The summed E-state index contributed by atoms with van der Waals surface area (Å²) in [4.78, 5) is 31.3. The van der Waals surface area contributed by atoms with Crippen molar-refractivity contribution < 1.29 is 19.1 Å². The van der Waals surface area contributed by atoms with Crippen molar-refractivity contribution in [2.24, 2.45) is 16.1 Å². The van der Waals surface area contributed by atoms with Gasteiger partial charge >= 0.3 is 0 Å². The second kappa shape index (κ2) is 10.7. The molecule has 5 rings (SSSR count). The predicted octanol–water partition coefficient (Wildman–Crippen LogP) is 4.16. The van der Waals surface area contributed by atoms with Crippen LogP contribution in [0.3, 0.4) is 0 Å². The maximum absolute atomic E-state index is 13.4. The number of hydrogen-bond acceptors (Lipinski definition) is 6. The molecule has 0 bridgehead atoms. The van der Waals surface area contributed by atoms with Crippen LogP contribution in [0.1, 0.15) is 79.0 Å². The molecule has 2 amide bonds. The molecule has 0 fully saturated rings. The highest BCUT2D eigenvalue weighted by molar-refractivity contribution is 5.98. The summed E-state index contributed by atoms with van der Waals surface area (Å²) in [5.74, 6) is 1.96. The number of amides is 2. The summed E-state index contributed by atoms with van der Waals surface area (Å²) >= 11 is 0. The monoisotopic (exact) mass is 518 g/mol. The van der Waals surface area contributed by atoms with E-state index in [1.807, 2.05) is 24.3 Å². The van der Waals surface area contributed by atoms with Crippen LogP contribution in [0, 0.1) is 5.41 Å². The zero-order valence-electron chi connectivity index (χ0n) is 22.6. The number of unbranched alkanes of at least 4 members (excludes halogenated alkanes) is 1. The molecule has 0 saturated heterocycles. The van der Waals surface area contributed by atoms with E-state index in [-0.39, 0.29) is 29.3 Å². The molecule has 38 heavy (non-hydrogen) atoms. The highest BCUT2D eigenvalue weighted by Gasteiger charge is 2.39. The van der Waals surface area contributed by atoms with E-state index in [1.165, 1.54) is 10.5 Å². The van der Waals surface area contributed by atoms with E-state index in [0.29, 0.717) is 24.6 Å². The second-order valence-electron chi connectivity index (χ2n) is 11.4. The quantitative estimate of drug-likeness (QED) is 0.536. The Balaban J connectivity index is 1.25. The number of hydrogen-bond donors (Lipinski definition) is 2. The molecule has 0 aliphatic carbocycles. The Hall–Kier alpha value is -3.55. The Kier molecular flexibility index (Phi) is 7.32. The van der Waals surface area contributed by atoms with Gasteiger partial charge in [-0.15, -0.1) is 0 Å². The van der Waals surface area contributed by atoms with Crippen molar-refractivity contribution in [1.29, 1.82) is 0 Å². The lowest BCUT2D eigenvalue weighted by Crippen LogP contribution is -2.44. The Morgan fingerprint density at radius 2 is 1.97 bits per heavy atom. The molecule has 8 heteroatoms. The van der Waals surface area contributed by atoms with E-state index < -0.39 is 0 Å². The number of carbonyl (C=O) groups excluding carboxylic acids is 2. The molecular formula is C30H38N4O4. The fourth-order valence-electron chi connectivity index (χ4n) is 5.53. The maximum atomic E-state index is 13.4. The topological polar surface area (TPSA) is 106 Å². The lowest BCUT2D eigenvalue weighted by atomic mass is 9.78. The number of aliphatic imine (C=N–C) groups is 1. The predicted molar refractivity (Wildman–Crippen MR) is 147 cm³/mol. The van der Waals surface area contributed by atoms with Crippen LogP contribution in [0.15, 0.2) is 41.4 Å². The molecule has 202 valence electrons. The van der Waals surface area contributed by atoms with Gasteiger partial charge in [0, 0.05) is 30.0 Å². The maximum Gasteiger partial charge on any atom is 0.251 e. The van der Waals surface area contributed by atoms with Crippen molar-refractivity contribution in [3.05, 3.63) is 58.7 Å². The molecule has 2 aromatic carbocycles. The number of guanidine groups is 1. The molecule has 3 aliphatic heterocycles. The van der Waals surface area contributed by atoms with E-state index >= 15 is 0 Å². The van der Waals surface area contributed by atoms with Crippen molar-refractivity contribution in [3.63, 3.8) is 0 Å². The molecule has 2 aromatic rings. The van der Waals surface area contributed by atoms with Crippen molar-refractivity contribution in [2.75, 3.05) is 20.3 Å². The Morgan fingerprint density at radius 1 is 1.16 bits per heavy atom. The standard InChI is InChI=1S/C30H38N4O4/c1-30(2)18-38-25-12-10-19(7-4-5-9-22-17-26(35)34(3)29(31)32-22)15-23(25)27(30)33-28(36)21-11-13-24-20(16-21)8-6-14-37-24/h10-13,15-16,22,27H,4-9,14,17-18H2,1-3H3,(H2,31,32)(H,33,36). The number of aryl methyl sites for hydroxylation is 2. The molecule has 0 aromatic heterocycles. The fourth-order valence-corrected chi connectivity index (χ4v) is 5.53. The molecule has 3 heterocycles. The highest BCUT2D eigenvalue weighted by atomic mass is 16.5. The van der Waals surface area contributed by atoms with E-state index in [4.69, 9.17) is 15.2 Å². The average molecular weight is 519 g/mol. The van der Waals surface area contributed by atoms with Crippen LogP contribution in [0.25, 0.3) is 0 Å². The molecule has 3 N–H and O–H groups in total. The fraction of sp³-hybridized carbons (Fsp3) is 0.500. The number of nitrogens with zero attached hydrogens (tertiary/aromatic N) is 2. The van der Waals surface area contributed by atoms with E-state index in [1.54, 1.807) is 7.05 Å². The summed E-state index contributed by atoms with van der Waals surface area (Å²) in [6.45, 7) is 5.52. The second-order valence-corrected chi connectivity index (χ2v) is 11.4. The first-order valence-corrected chi connectivity index (χ1v) is 13.6. The number of ether oxygens (including phenoxy) is 2. The largest absolute Gasteiger partial charge is 0.493 e. The molecule has 0 saturated carbocycles. The van der Waals surface area contributed by atoms with Crippen LogP contribution in [0.2, 0.25) is 0 Å². The zero-order valence-corrected chi connectivity index (χ0v) is 22.6. The minimum absolute atomic E-state index is 0.0246. The van der Waals surface area contributed by atoms with Gasteiger partial charge in [-0.25, -0.2) is 4.99 Å². The minimum atomic E-state index is -0.267. The zero-order chi connectivity index (χ0) is 26.9. The van der Waals surface area contributed by atoms with Crippen molar-refractivity contribution in [3.8, 4) is 11.5 Å². The molecule has 2 atom stereocenters. The van der Waals surface area contributed by atoms with Gasteiger partial charge in [-0.1, -0.05) is 32.4 Å². The van der Waals surface area contributed by atoms with Gasteiger partial charge in [0.25, 0.3) is 5.91 Å². The van der Waals surface area contributed by atoms with Gasteiger partial charge < -0.3 is 20.5 Å². The Bertz CT molecular complexity index is 1250. The Morgan fingerprint density at radius 3 is 2.79 bits per heavy atom. The van der Waals surface area contributed by atoms with Crippen LogP contribution in [0.4, 0.5) is 0 Å². The van der Waals surface area contributed by atoms with Gasteiger partial charge in [0.1, 0.15) is 11.5 Å². The van der Waals surface area contributed by atoms with E-state index in [2.05, 4.69) is 36.3 Å². The number of rotatable bonds is 7. The summed E-state index contributed by atoms with van der Waals surface area (Å²) in [6, 6.07) is 11.8. The van der Waals surface area contributed by atoms with Crippen LogP contribution >= 0.6 is 0 Å². The van der Waals surface area contributed by atoms with Gasteiger partial charge in [-0.3, -0.25) is 14.5 Å². The molecule has 8 nitrogen and oxygen atoms in total. The molecular weight excluding hydrogens is 480 g/mol. The summed E-state index contributed by atoms with van der Waals surface area (Å²) in [5.41, 5.74) is 9.57. The third kappa shape index (κ3) is 5.49. The third-order valence-corrected chi connectivity index (χ3v) is 7.91. The SMILES string of the molecule is CN1C(=O)CC(CCCCc2ccc3c(c2)C(NC(=O)c2ccc4c(c2)CCCO4)C(C)(C)CO3)N=C1N. The van der Waals surface area contributed by atoms with Crippen LogP contribution in [-0.4, -0.2) is 49.0 Å². The van der Waals surface area contributed by atoms with Gasteiger partial charge in [0.15, 0.2) is 5.96 Å². The molecule has 3 aliphatic rings. The highest BCUT2D eigenvalue weighted by Crippen LogP contribution is 2.43. The first-order chi connectivity index (χ1) is 18.2. The van der Waals surface area contributed by atoms with Crippen LogP contribution < -0.4 is 20.5 Å². The van der Waals surface area contributed by atoms with Crippen LogP contribution in [-0.2, 0) is 17.6 Å². The summed E-state index contributed by atoms with van der Waals surface area (Å²) < 4.78 is 11.8. The molecule has 0 radical (unpaired) electrons. The summed E-state index contributed by atoms with van der Waals surface area (Å²) in [7, 11) is 1.66.